The Hall–Kier alpha value is -1.63. The Morgan fingerprint density at radius 1 is 1.31 bits per heavy atom. The predicted molar refractivity (Wildman–Crippen MR) is 101 cm³/mol. The van der Waals surface area contributed by atoms with Crippen molar-refractivity contribution in [1.82, 2.24) is 4.90 Å². The van der Waals surface area contributed by atoms with Gasteiger partial charge in [-0.05, 0) is 49.9 Å². The Morgan fingerprint density at radius 3 is 2.65 bits per heavy atom. The first-order chi connectivity index (χ1) is 12.5. The number of rotatable bonds is 6. The van der Waals surface area contributed by atoms with E-state index in [-0.39, 0.29) is 30.3 Å². The van der Waals surface area contributed by atoms with E-state index in [4.69, 9.17) is 14.6 Å². The number of carbonyl (C=O) groups is 1. The van der Waals surface area contributed by atoms with Crippen molar-refractivity contribution in [1.29, 1.82) is 0 Å². The van der Waals surface area contributed by atoms with Crippen molar-refractivity contribution in [3.8, 4) is 0 Å². The van der Waals surface area contributed by atoms with Gasteiger partial charge in [0.05, 0.1) is 31.0 Å². The lowest BCUT2D eigenvalue weighted by Crippen LogP contribution is -2.53. The maximum Gasteiger partial charge on any atom is 0.254 e. The van der Waals surface area contributed by atoms with Crippen LogP contribution in [-0.2, 0) is 9.47 Å². The molecule has 2 aliphatic rings. The number of hydrogen-bond donors (Lipinski definition) is 1. The maximum atomic E-state index is 13.1. The summed E-state index contributed by atoms with van der Waals surface area (Å²) in [7, 11) is 5.72. The second-order valence-corrected chi connectivity index (χ2v) is 7.47. The summed E-state index contributed by atoms with van der Waals surface area (Å²) < 4.78 is 11.7. The molecule has 1 saturated heterocycles. The van der Waals surface area contributed by atoms with Crippen molar-refractivity contribution in [3.63, 3.8) is 0 Å². The van der Waals surface area contributed by atoms with Crippen molar-refractivity contribution in [2.45, 2.75) is 43.4 Å². The highest BCUT2D eigenvalue weighted by Crippen LogP contribution is 2.43. The van der Waals surface area contributed by atoms with Crippen LogP contribution in [0.25, 0.3) is 0 Å². The normalized spacial score (nSPS) is 28.1. The second-order valence-electron chi connectivity index (χ2n) is 7.47. The molecule has 0 unspecified atom stereocenters. The van der Waals surface area contributed by atoms with E-state index in [1.165, 1.54) is 0 Å². The number of nitrogens with zero attached hydrogens (tertiary/aromatic N) is 2. The largest absolute Gasteiger partial charge is 0.394 e. The second kappa shape index (κ2) is 7.94. The van der Waals surface area contributed by atoms with Crippen LogP contribution in [0, 0.1) is 0 Å². The standard InChI is InChI=1S/C20H30N2O4/c1-21(2)16-6-4-15(5-7-16)19(24)22-11-10-20(25-3)9-8-17(14-18(20)22)26-13-12-23/h4-7,17-18,23H,8-14H2,1-3H3/t17-,18-,20+/m0/s1. The fourth-order valence-electron chi connectivity index (χ4n) is 4.34. The third-order valence-corrected chi connectivity index (χ3v) is 5.88. The zero-order valence-corrected chi connectivity index (χ0v) is 16.0. The van der Waals surface area contributed by atoms with Gasteiger partial charge < -0.3 is 24.4 Å². The van der Waals surface area contributed by atoms with E-state index in [2.05, 4.69) is 0 Å². The monoisotopic (exact) mass is 362 g/mol. The zero-order valence-electron chi connectivity index (χ0n) is 16.0. The third kappa shape index (κ3) is 3.59. The van der Waals surface area contributed by atoms with Crippen LogP contribution in [0.1, 0.15) is 36.0 Å². The van der Waals surface area contributed by atoms with Gasteiger partial charge in [-0.15, -0.1) is 0 Å². The molecule has 6 nitrogen and oxygen atoms in total. The Morgan fingerprint density at radius 2 is 2.04 bits per heavy atom. The fourth-order valence-corrected chi connectivity index (χ4v) is 4.34. The van der Waals surface area contributed by atoms with Crippen LogP contribution in [0.5, 0.6) is 0 Å². The van der Waals surface area contributed by atoms with Gasteiger partial charge in [0.2, 0.25) is 0 Å². The van der Waals surface area contributed by atoms with Crippen LogP contribution in [0.2, 0.25) is 0 Å². The molecule has 0 radical (unpaired) electrons. The SMILES string of the molecule is CO[C@@]12CC[C@H](OCCO)C[C@@H]1N(C(=O)c1ccc(N(C)C)cc1)CC2. The van der Waals surface area contributed by atoms with E-state index in [9.17, 15) is 4.79 Å². The summed E-state index contributed by atoms with van der Waals surface area (Å²) in [5, 5.41) is 9.01. The number of ether oxygens (including phenoxy) is 2. The van der Waals surface area contributed by atoms with Gasteiger partial charge in [-0.25, -0.2) is 0 Å². The molecule has 1 aliphatic carbocycles. The molecule has 1 amide bonds. The Balaban J connectivity index is 1.77. The van der Waals surface area contributed by atoms with Crippen molar-refractivity contribution < 1.29 is 19.4 Å². The molecule has 1 saturated carbocycles. The molecular formula is C20H30N2O4. The van der Waals surface area contributed by atoms with Gasteiger partial charge in [0.15, 0.2) is 0 Å². The first kappa shape index (κ1) is 19.1. The molecule has 0 aromatic heterocycles. The molecule has 1 aliphatic heterocycles. The molecule has 1 aromatic rings. The molecule has 26 heavy (non-hydrogen) atoms. The average molecular weight is 362 g/mol. The molecule has 0 spiro atoms. The van der Waals surface area contributed by atoms with E-state index >= 15 is 0 Å². The average Bonchev–Trinajstić information content (AvgIpc) is 3.05. The minimum absolute atomic E-state index is 0.0194. The molecule has 1 N–H and O–H groups in total. The lowest BCUT2D eigenvalue weighted by molar-refractivity contribution is -0.0992. The van der Waals surface area contributed by atoms with E-state index in [1.807, 2.05) is 48.2 Å². The Kier molecular flexibility index (Phi) is 5.85. The molecule has 3 atom stereocenters. The van der Waals surface area contributed by atoms with Crippen LogP contribution in [0.3, 0.4) is 0 Å². The number of fused-ring (bicyclic) bond motifs is 1. The fraction of sp³-hybridized carbons (Fsp3) is 0.650. The quantitative estimate of drug-likeness (QED) is 0.838. The van der Waals surface area contributed by atoms with Crippen molar-refractivity contribution in [3.05, 3.63) is 29.8 Å². The summed E-state index contributed by atoms with van der Waals surface area (Å²) in [6.07, 6.45) is 3.48. The molecule has 144 valence electrons. The zero-order chi connectivity index (χ0) is 18.7. The smallest absolute Gasteiger partial charge is 0.254 e. The van der Waals surface area contributed by atoms with E-state index in [0.29, 0.717) is 18.7 Å². The third-order valence-electron chi connectivity index (χ3n) is 5.88. The van der Waals surface area contributed by atoms with Gasteiger partial charge in [-0.3, -0.25) is 4.79 Å². The maximum absolute atomic E-state index is 13.1. The first-order valence-electron chi connectivity index (χ1n) is 9.37. The highest BCUT2D eigenvalue weighted by molar-refractivity contribution is 5.95. The highest BCUT2D eigenvalue weighted by Gasteiger charge is 2.52. The molecule has 2 fully saturated rings. The Labute approximate surface area is 155 Å². The highest BCUT2D eigenvalue weighted by atomic mass is 16.5. The number of anilines is 1. The molecule has 1 heterocycles. The number of benzene rings is 1. The number of carbonyl (C=O) groups excluding carboxylic acids is 1. The van der Waals surface area contributed by atoms with E-state index in [1.54, 1.807) is 7.11 Å². The van der Waals surface area contributed by atoms with Crippen LogP contribution in [-0.4, -0.2) is 74.6 Å². The van der Waals surface area contributed by atoms with Gasteiger partial charge in [-0.1, -0.05) is 0 Å². The molecule has 6 heteroatoms. The predicted octanol–water partition coefficient (Wildman–Crippen LogP) is 1.91. The number of hydrogen-bond acceptors (Lipinski definition) is 5. The van der Waals surface area contributed by atoms with Crippen LogP contribution < -0.4 is 4.90 Å². The van der Waals surface area contributed by atoms with Crippen molar-refractivity contribution >= 4 is 11.6 Å². The minimum Gasteiger partial charge on any atom is -0.394 e. The lowest BCUT2D eigenvalue weighted by atomic mass is 9.79. The summed E-state index contributed by atoms with van der Waals surface area (Å²) in [4.78, 5) is 17.1. The van der Waals surface area contributed by atoms with Crippen molar-refractivity contribution in [2.24, 2.45) is 0 Å². The molecule has 1 aromatic carbocycles. The number of likely N-dealkylation sites (tertiary alicyclic amines) is 1. The van der Waals surface area contributed by atoms with Gasteiger partial charge in [-0.2, -0.15) is 0 Å². The molecule has 3 rings (SSSR count). The minimum atomic E-state index is -0.266. The summed E-state index contributed by atoms with van der Waals surface area (Å²) >= 11 is 0. The molecular weight excluding hydrogens is 332 g/mol. The van der Waals surface area contributed by atoms with Crippen LogP contribution in [0.15, 0.2) is 24.3 Å². The molecule has 0 bridgehead atoms. The van der Waals surface area contributed by atoms with Gasteiger partial charge in [0.25, 0.3) is 5.91 Å². The summed E-state index contributed by atoms with van der Waals surface area (Å²) in [6.45, 7) is 1.08. The number of amides is 1. The van der Waals surface area contributed by atoms with Gasteiger partial charge >= 0.3 is 0 Å². The van der Waals surface area contributed by atoms with E-state index in [0.717, 1.165) is 31.4 Å². The Bertz CT molecular complexity index is 619. The number of aliphatic hydroxyl groups is 1. The van der Waals surface area contributed by atoms with Gasteiger partial charge in [0.1, 0.15) is 0 Å². The summed E-state index contributed by atoms with van der Waals surface area (Å²) in [6, 6.07) is 7.76. The number of methoxy groups -OCH3 is 1. The summed E-state index contributed by atoms with van der Waals surface area (Å²) in [5.74, 6) is 0.0574. The van der Waals surface area contributed by atoms with E-state index < -0.39 is 0 Å². The van der Waals surface area contributed by atoms with Crippen LogP contribution >= 0.6 is 0 Å². The lowest BCUT2D eigenvalue weighted by Gasteiger charge is -2.43. The van der Waals surface area contributed by atoms with Gasteiger partial charge in [0, 0.05) is 39.0 Å². The topological polar surface area (TPSA) is 62.2 Å². The van der Waals surface area contributed by atoms with Crippen molar-refractivity contribution in [2.75, 3.05) is 45.9 Å². The number of aliphatic hydroxyl groups excluding tert-OH is 1. The van der Waals surface area contributed by atoms with Crippen LogP contribution in [0.4, 0.5) is 5.69 Å². The first-order valence-corrected chi connectivity index (χ1v) is 9.37. The summed E-state index contributed by atoms with van der Waals surface area (Å²) in [5.41, 5.74) is 1.52.